The molecule has 0 aromatic carbocycles. The van der Waals surface area contributed by atoms with Gasteiger partial charge in [0.1, 0.15) is 13.0 Å². The molecule has 4 heteroatoms. The van der Waals surface area contributed by atoms with Gasteiger partial charge in [0.25, 0.3) is 0 Å². The average molecular weight is 158 g/mol. The summed E-state index contributed by atoms with van der Waals surface area (Å²) in [6, 6.07) is -0.638. The summed E-state index contributed by atoms with van der Waals surface area (Å²) >= 11 is 0. The van der Waals surface area contributed by atoms with Crippen molar-refractivity contribution in [2.45, 2.75) is 18.9 Å². The molecule has 2 N–H and O–H groups in total. The maximum Gasteiger partial charge on any atom is 0.320 e. The summed E-state index contributed by atoms with van der Waals surface area (Å²) in [6.07, 6.45) is 0.506. The van der Waals surface area contributed by atoms with E-state index in [4.69, 9.17) is 5.11 Å². The molecule has 11 heavy (non-hydrogen) atoms. The van der Waals surface area contributed by atoms with Gasteiger partial charge in [-0.1, -0.05) is 0 Å². The van der Waals surface area contributed by atoms with Crippen molar-refractivity contribution in [3.05, 3.63) is 6.92 Å². The molecule has 0 aromatic heterocycles. The number of carboxylic acid groups (broad SMARTS) is 1. The number of aliphatic carboxylic acids is 1. The van der Waals surface area contributed by atoms with Crippen LogP contribution in [0.5, 0.6) is 0 Å². The van der Waals surface area contributed by atoms with Crippen LogP contribution in [-0.2, 0) is 9.59 Å². The molecule has 0 saturated carbocycles. The minimum atomic E-state index is -0.936. The van der Waals surface area contributed by atoms with E-state index in [0.717, 1.165) is 0 Å². The van der Waals surface area contributed by atoms with Crippen LogP contribution >= 0.6 is 0 Å². The van der Waals surface area contributed by atoms with Gasteiger partial charge in [-0.2, -0.15) is 0 Å². The third kappa shape index (κ3) is 4.38. The molecule has 0 aliphatic rings. The van der Waals surface area contributed by atoms with Crippen molar-refractivity contribution in [1.29, 1.82) is 0 Å². The monoisotopic (exact) mass is 158 g/mol. The highest BCUT2D eigenvalue weighted by molar-refractivity contribution is 5.83. The number of hydrogen-bond donors (Lipinski definition) is 2. The maximum atomic E-state index is 10.4. The lowest BCUT2D eigenvalue weighted by atomic mass is 10.1. The molecular weight excluding hydrogens is 146 g/mol. The van der Waals surface area contributed by atoms with Crippen LogP contribution in [0.15, 0.2) is 0 Å². The second-order valence-corrected chi connectivity index (χ2v) is 2.26. The summed E-state index contributed by atoms with van der Waals surface area (Å²) in [5, 5.41) is 11.1. The molecule has 62 valence electrons. The fourth-order valence-electron chi connectivity index (χ4n) is 0.697. The Bertz CT molecular complexity index is 156. The highest BCUT2D eigenvalue weighted by Gasteiger charge is 2.16. The molecule has 0 radical (unpaired) electrons. The lowest BCUT2D eigenvalue weighted by Gasteiger charge is -2.07. The first kappa shape index (κ1) is 9.97. The van der Waals surface area contributed by atoms with Gasteiger partial charge in [0.15, 0.2) is 0 Å². The first-order valence-electron chi connectivity index (χ1n) is 3.32. The first-order chi connectivity index (χ1) is 5.07. The van der Waals surface area contributed by atoms with Crippen LogP contribution in [0.1, 0.15) is 12.8 Å². The summed E-state index contributed by atoms with van der Waals surface area (Å²) in [6.45, 7) is 3.14. The van der Waals surface area contributed by atoms with Crippen LogP contribution < -0.4 is 5.32 Å². The third-order valence-electron chi connectivity index (χ3n) is 1.36. The summed E-state index contributed by atoms with van der Waals surface area (Å²) in [5.74, 6) is -1.17. The third-order valence-corrected chi connectivity index (χ3v) is 1.36. The Balaban J connectivity index is 3.70. The zero-order chi connectivity index (χ0) is 8.85. The van der Waals surface area contributed by atoms with E-state index in [1.54, 1.807) is 7.05 Å². The summed E-state index contributed by atoms with van der Waals surface area (Å²) in [7, 11) is 1.55. The quantitative estimate of drug-likeness (QED) is 0.546. The second kappa shape index (κ2) is 4.73. The van der Waals surface area contributed by atoms with Crippen LogP contribution in [-0.4, -0.2) is 29.9 Å². The van der Waals surface area contributed by atoms with E-state index in [2.05, 4.69) is 12.2 Å². The van der Waals surface area contributed by atoms with Crippen molar-refractivity contribution in [3.8, 4) is 0 Å². The van der Waals surface area contributed by atoms with Gasteiger partial charge < -0.3 is 10.4 Å². The fourth-order valence-corrected chi connectivity index (χ4v) is 0.697. The standard InChI is InChI=1S/C7H11NO3/c1-5(9)3-4-6(8-2)7(10)11/h6,8H,1,3-4H2,2H3/p+1. The molecular formula is C7H12NO3+. The molecule has 0 rings (SSSR count). The molecule has 4 nitrogen and oxygen atoms in total. The summed E-state index contributed by atoms with van der Waals surface area (Å²) in [4.78, 5) is 20.7. The average Bonchev–Trinajstić information content (AvgIpc) is 1.87. The minimum Gasteiger partial charge on any atom is -0.480 e. The number of carboxylic acids is 1. The van der Waals surface area contributed by atoms with E-state index in [0.29, 0.717) is 6.42 Å². The molecule has 1 atom stereocenters. The number of rotatable bonds is 5. The first-order valence-corrected chi connectivity index (χ1v) is 3.32. The van der Waals surface area contributed by atoms with E-state index in [9.17, 15) is 9.59 Å². The van der Waals surface area contributed by atoms with Gasteiger partial charge in [0, 0.05) is 0 Å². The Labute approximate surface area is 65.6 Å². The topological polar surface area (TPSA) is 66.4 Å². The molecule has 0 fully saturated rings. The zero-order valence-electron chi connectivity index (χ0n) is 6.46. The lowest BCUT2D eigenvalue weighted by molar-refractivity contribution is -0.139. The zero-order valence-corrected chi connectivity index (χ0v) is 6.46. The number of likely N-dealkylation sites (N-methyl/N-ethyl adjacent to an activating group) is 1. The fraction of sp³-hybridized carbons (Fsp3) is 0.571. The highest BCUT2D eigenvalue weighted by Crippen LogP contribution is 1.97. The highest BCUT2D eigenvalue weighted by atomic mass is 16.4. The Morgan fingerprint density at radius 1 is 1.64 bits per heavy atom. The van der Waals surface area contributed by atoms with Crippen molar-refractivity contribution >= 4 is 11.8 Å². The van der Waals surface area contributed by atoms with Crippen molar-refractivity contribution in [2.75, 3.05) is 7.05 Å². The Morgan fingerprint density at radius 2 is 2.18 bits per heavy atom. The van der Waals surface area contributed by atoms with E-state index < -0.39 is 12.0 Å². The van der Waals surface area contributed by atoms with Crippen molar-refractivity contribution < 1.29 is 14.7 Å². The van der Waals surface area contributed by atoms with Crippen molar-refractivity contribution in [2.24, 2.45) is 0 Å². The lowest BCUT2D eigenvalue weighted by Crippen LogP contribution is -2.34. The van der Waals surface area contributed by atoms with Gasteiger partial charge >= 0.3 is 11.8 Å². The molecule has 0 amide bonds. The number of ketones is 1. The number of carbonyl (C=O) groups is 2. The van der Waals surface area contributed by atoms with Crippen LogP contribution in [0.3, 0.4) is 0 Å². The molecule has 0 aromatic rings. The number of carbonyl (C=O) groups excluding carboxylic acids is 1. The number of Topliss-reactive ketones (excluding diaryl/α,β-unsaturated/α-hetero) is 1. The molecule has 0 bridgehead atoms. The van der Waals surface area contributed by atoms with Crippen molar-refractivity contribution in [1.82, 2.24) is 5.32 Å². The maximum absolute atomic E-state index is 10.4. The normalized spacial score (nSPS) is 12.5. The van der Waals surface area contributed by atoms with E-state index in [1.165, 1.54) is 0 Å². The van der Waals surface area contributed by atoms with Gasteiger partial charge in [0.05, 0.1) is 6.42 Å². The molecule has 0 aliphatic heterocycles. The second-order valence-electron chi connectivity index (χ2n) is 2.26. The Morgan fingerprint density at radius 3 is 2.45 bits per heavy atom. The predicted octanol–water partition coefficient (Wildman–Crippen LogP) is -0.158. The number of nitrogens with one attached hydrogen (secondary N) is 1. The number of hydrogen-bond acceptors (Lipinski definition) is 3. The van der Waals surface area contributed by atoms with Gasteiger partial charge in [0.2, 0.25) is 0 Å². The van der Waals surface area contributed by atoms with Gasteiger partial charge in [-0.15, -0.1) is 0 Å². The van der Waals surface area contributed by atoms with Gasteiger partial charge in [-0.3, -0.25) is 4.79 Å². The van der Waals surface area contributed by atoms with Crippen LogP contribution in [0.4, 0.5) is 0 Å². The van der Waals surface area contributed by atoms with Crippen molar-refractivity contribution in [3.63, 3.8) is 0 Å². The minimum absolute atomic E-state index is 0.206. The van der Waals surface area contributed by atoms with Crippen LogP contribution in [0, 0.1) is 6.92 Å². The van der Waals surface area contributed by atoms with Crippen LogP contribution in [0.2, 0.25) is 0 Å². The summed E-state index contributed by atoms with van der Waals surface area (Å²) < 4.78 is 0. The molecule has 0 spiro atoms. The summed E-state index contributed by atoms with van der Waals surface area (Å²) in [5.41, 5.74) is 0. The Hall–Kier alpha value is -1.03. The molecule has 0 saturated heterocycles. The van der Waals surface area contributed by atoms with E-state index in [-0.39, 0.29) is 12.2 Å². The van der Waals surface area contributed by atoms with Crippen LogP contribution in [0.25, 0.3) is 0 Å². The van der Waals surface area contributed by atoms with E-state index >= 15 is 0 Å². The SMILES string of the molecule is [CH2+]C(=O)CCC(NC)C(=O)O. The van der Waals surface area contributed by atoms with E-state index in [1.807, 2.05) is 0 Å². The predicted molar refractivity (Wildman–Crippen MR) is 40.1 cm³/mol. The molecule has 1 unspecified atom stereocenters. The van der Waals surface area contributed by atoms with Gasteiger partial charge in [-0.05, 0) is 13.5 Å². The molecule has 0 heterocycles. The largest absolute Gasteiger partial charge is 0.480 e. The smallest absolute Gasteiger partial charge is 0.320 e. The molecule has 0 aliphatic carbocycles. The Kier molecular flexibility index (Phi) is 4.29. The van der Waals surface area contributed by atoms with Gasteiger partial charge in [-0.25, -0.2) is 4.79 Å².